The zero-order chi connectivity index (χ0) is 27.1. The van der Waals surface area contributed by atoms with Crippen LogP contribution in [0.25, 0.3) is 0 Å². The van der Waals surface area contributed by atoms with E-state index < -0.39 is 15.9 Å². The first-order chi connectivity index (χ1) is 18.1. The number of anilines is 2. The quantitative estimate of drug-likeness (QED) is 0.466. The highest BCUT2D eigenvalue weighted by Crippen LogP contribution is 2.60. The van der Waals surface area contributed by atoms with Gasteiger partial charge in [0, 0.05) is 6.04 Å². The molecular formula is C30H39N3O4S. The average Bonchev–Trinajstić information content (AvgIpc) is 2.86. The highest BCUT2D eigenvalue weighted by atomic mass is 32.2. The summed E-state index contributed by atoms with van der Waals surface area (Å²) >= 11 is 0. The third-order valence-corrected chi connectivity index (χ3v) is 10.1. The Morgan fingerprint density at radius 3 is 2.11 bits per heavy atom. The summed E-state index contributed by atoms with van der Waals surface area (Å²) in [5.41, 5.74) is 2.69. The van der Waals surface area contributed by atoms with E-state index in [2.05, 4.69) is 22.8 Å². The third kappa shape index (κ3) is 5.46. The highest BCUT2D eigenvalue weighted by molar-refractivity contribution is 7.92. The third-order valence-electron chi connectivity index (χ3n) is 8.93. The molecule has 8 heteroatoms. The molecule has 0 radical (unpaired) electrons. The maximum atomic E-state index is 13.0. The van der Waals surface area contributed by atoms with E-state index in [9.17, 15) is 18.0 Å². The lowest BCUT2D eigenvalue weighted by atomic mass is 9.48. The van der Waals surface area contributed by atoms with Crippen molar-refractivity contribution < 1.29 is 18.0 Å². The van der Waals surface area contributed by atoms with Gasteiger partial charge in [-0.1, -0.05) is 31.2 Å². The molecule has 1 atom stereocenters. The van der Waals surface area contributed by atoms with E-state index >= 15 is 0 Å². The van der Waals surface area contributed by atoms with Crippen molar-refractivity contribution in [1.82, 2.24) is 5.32 Å². The number of para-hydroxylation sites is 1. The van der Waals surface area contributed by atoms with Gasteiger partial charge >= 0.3 is 0 Å². The Kier molecular flexibility index (Phi) is 7.29. The van der Waals surface area contributed by atoms with E-state index in [1.165, 1.54) is 44.1 Å². The Labute approximate surface area is 226 Å². The molecule has 0 heterocycles. The van der Waals surface area contributed by atoms with E-state index in [0.717, 1.165) is 34.7 Å². The summed E-state index contributed by atoms with van der Waals surface area (Å²) in [7, 11) is -3.72. The van der Waals surface area contributed by atoms with Crippen molar-refractivity contribution in [3.05, 3.63) is 59.7 Å². The predicted molar refractivity (Wildman–Crippen MR) is 151 cm³/mol. The number of nitrogens with zero attached hydrogens (tertiary/aromatic N) is 1. The van der Waals surface area contributed by atoms with Gasteiger partial charge in [-0.15, -0.1) is 0 Å². The van der Waals surface area contributed by atoms with Crippen molar-refractivity contribution in [2.24, 2.45) is 17.8 Å². The SMILES string of the molecule is CCC(C)NC(=O)c1ccccc1NC(=O)CN(c1ccc(C23CC4CC(CC(C4)C2)C3)cc1)S(C)(=O)=O. The minimum Gasteiger partial charge on any atom is -0.350 e. The molecule has 4 aliphatic carbocycles. The number of hydrogen-bond donors (Lipinski definition) is 2. The first kappa shape index (κ1) is 26.7. The zero-order valence-corrected chi connectivity index (χ0v) is 23.4. The van der Waals surface area contributed by atoms with Crippen LogP contribution in [-0.4, -0.2) is 39.1 Å². The molecule has 4 aliphatic rings. The van der Waals surface area contributed by atoms with Gasteiger partial charge in [0.05, 0.1) is 23.2 Å². The molecule has 7 nitrogen and oxygen atoms in total. The molecule has 6 rings (SSSR count). The summed E-state index contributed by atoms with van der Waals surface area (Å²) in [6.07, 6.45) is 9.72. The largest absolute Gasteiger partial charge is 0.350 e. The standard InChI is InChI=1S/C30H39N3O4S/c1-4-20(2)31-29(35)26-7-5-6-8-27(26)32-28(34)19-33(38(3,36)37)25-11-9-24(10-12-25)30-16-21-13-22(17-30)15-23(14-21)18-30/h5-12,20-23H,4,13-19H2,1-3H3,(H,31,35)(H,32,34). The fraction of sp³-hybridized carbons (Fsp3) is 0.533. The average molecular weight is 538 g/mol. The second-order valence-electron chi connectivity index (χ2n) is 11.9. The molecule has 2 N–H and O–H groups in total. The Morgan fingerprint density at radius 1 is 0.974 bits per heavy atom. The van der Waals surface area contributed by atoms with Crippen LogP contribution in [0.2, 0.25) is 0 Å². The Morgan fingerprint density at radius 2 is 1.55 bits per heavy atom. The van der Waals surface area contributed by atoms with Crippen LogP contribution in [0.15, 0.2) is 48.5 Å². The van der Waals surface area contributed by atoms with Gasteiger partial charge in [-0.2, -0.15) is 0 Å². The number of rotatable bonds is 9. The number of carbonyl (C=O) groups is 2. The predicted octanol–water partition coefficient (Wildman–Crippen LogP) is 5.09. The molecule has 2 aromatic carbocycles. The number of benzene rings is 2. The smallest absolute Gasteiger partial charge is 0.253 e. The molecule has 4 saturated carbocycles. The van der Waals surface area contributed by atoms with E-state index in [-0.39, 0.29) is 23.9 Å². The van der Waals surface area contributed by atoms with Crippen LogP contribution >= 0.6 is 0 Å². The van der Waals surface area contributed by atoms with Gasteiger partial charge in [0.15, 0.2) is 0 Å². The van der Waals surface area contributed by atoms with Gasteiger partial charge in [-0.3, -0.25) is 13.9 Å². The van der Waals surface area contributed by atoms with Crippen LogP contribution in [0.4, 0.5) is 11.4 Å². The van der Waals surface area contributed by atoms with E-state index in [4.69, 9.17) is 0 Å². The highest BCUT2D eigenvalue weighted by Gasteiger charge is 2.51. The monoisotopic (exact) mass is 537 g/mol. The maximum Gasteiger partial charge on any atom is 0.253 e. The Hall–Kier alpha value is -2.87. The summed E-state index contributed by atoms with van der Waals surface area (Å²) in [5.74, 6) is 1.69. The zero-order valence-electron chi connectivity index (χ0n) is 22.6. The van der Waals surface area contributed by atoms with Crippen LogP contribution in [0.3, 0.4) is 0 Å². The van der Waals surface area contributed by atoms with Gasteiger partial charge in [-0.05, 0) is 105 Å². The van der Waals surface area contributed by atoms with Gasteiger partial charge < -0.3 is 10.6 Å². The van der Waals surface area contributed by atoms with Crippen molar-refractivity contribution in [3.8, 4) is 0 Å². The Balaban J connectivity index is 1.32. The number of sulfonamides is 1. The number of carbonyl (C=O) groups excluding carboxylic acids is 2. The van der Waals surface area contributed by atoms with Crippen LogP contribution in [-0.2, 0) is 20.2 Å². The van der Waals surface area contributed by atoms with E-state index in [0.29, 0.717) is 16.9 Å². The molecule has 4 bridgehead atoms. The topological polar surface area (TPSA) is 95.6 Å². The molecule has 1 unspecified atom stereocenters. The van der Waals surface area contributed by atoms with Crippen molar-refractivity contribution in [2.75, 3.05) is 22.4 Å². The fourth-order valence-corrected chi connectivity index (χ4v) is 8.22. The molecular weight excluding hydrogens is 498 g/mol. The van der Waals surface area contributed by atoms with E-state index in [1.54, 1.807) is 24.3 Å². The molecule has 2 aromatic rings. The van der Waals surface area contributed by atoms with Gasteiger partial charge in [0.1, 0.15) is 6.54 Å². The molecule has 0 spiro atoms. The lowest BCUT2D eigenvalue weighted by molar-refractivity contribution is -0.114. The molecule has 4 fully saturated rings. The second kappa shape index (κ2) is 10.4. The van der Waals surface area contributed by atoms with Crippen LogP contribution in [0.5, 0.6) is 0 Å². The second-order valence-corrected chi connectivity index (χ2v) is 13.8. The normalized spacial score (nSPS) is 26.6. The molecule has 0 saturated heterocycles. The summed E-state index contributed by atoms with van der Waals surface area (Å²) in [6, 6.07) is 14.6. The van der Waals surface area contributed by atoms with Gasteiger partial charge in [0.25, 0.3) is 5.91 Å². The van der Waals surface area contributed by atoms with Crippen LogP contribution < -0.4 is 14.9 Å². The molecule has 0 aliphatic heterocycles. The number of amides is 2. The fourth-order valence-electron chi connectivity index (χ4n) is 7.36. The molecule has 204 valence electrons. The van der Waals surface area contributed by atoms with E-state index in [1.807, 2.05) is 26.0 Å². The van der Waals surface area contributed by atoms with Crippen molar-refractivity contribution in [3.63, 3.8) is 0 Å². The maximum absolute atomic E-state index is 13.0. The molecule has 2 amide bonds. The van der Waals surface area contributed by atoms with Crippen LogP contribution in [0, 0.1) is 17.8 Å². The summed E-state index contributed by atoms with van der Waals surface area (Å²) < 4.78 is 26.6. The van der Waals surface area contributed by atoms with Crippen molar-refractivity contribution >= 4 is 33.2 Å². The van der Waals surface area contributed by atoms with Crippen molar-refractivity contribution in [1.29, 1.82) is 0 Å². The van der Waals surface area contributed by atoms with Crippen molar-refractivity contribution in [2.45, 2.75) is 70.3 Å². The lowest BCUT2D eigenvalue weighted by Crippen LogP contribution is -2.48. The first-order valence-electron chi connectivity index (χ1n) is 13.8. The van der Waals surface area contributed by atoms with Gasteiger partial charge in [0.2, 0.25) is 15.9 Å². The number of hydrogen-bond acceptors (Lipinski definition) is 4. The summed E-state index contributed by atoms with van der Waals surface area (Å²) in [5, 5.41) is 5.66. The minimum atomic E-state index is -3.72. The summed E-state index contributed by atoms with van der Waals surface area (Å²) in [6.45, 7) is 3.52. The molecule has 38 heavy (non-hydrogen) atoms. The van der Waals surface area contributed by atoms with Gasteiger partial charge in [-0.25, -0.2) is 8.42 Å². The summed E-state index contributed by atoms with van der Waals surface area (Å²) in [4.78, 5) is 25.8. The minimum absolute atomic E-state index is 0.00612. The molecule has 0 aromatic heterocycles. The first-order valence-corrected chi connectivity index (χ1v) is 15.7. The van der Waals surface area contributed by atoms with Crippen LogP contribution in [0.1, 0.15) is 74.7 Å². The number of nitrogens with one attached hydrogen (secondary N) is 2. The Bertz CT molecular complexity index is 1270. The lowest BCUT2D eigenvalue weighted by Gasteiger charge is -2.57.